The summed E-state index contributed by atoms with van der Waals surface area (Å²) in [6.45, 7) is 5.69. The fraction of sp³-hybridized carbons (Fsp3) is 0.500. The maximum absolute atomic E-state index is 11.1. The molecule has 0 aromatic carbocycles. The topological polar surface area (TPSA) is 96.0 Å². The number of anilines is 1. The standard InChI is InChI=1S/C16H22N6O2/c1-10-6-14(20-16(19-10)24-3)22-5-4-12(9-22)15-13(8-18-21-15)7-17-11(2)23/h6,8,12H,4-5,7,9H2,1-3H3,(H,17,23)(H,18,21). The SMILES string of the molecule is COc1nc(C)cc(N2CCC(c3[nH]ncc3CNC(C)=O)C2)n1. The lowest BCUT2D eigenvalue weighted by atomic mass is 10.0. The third kappa shape index (κ3) is 3.47. The van der Waals surface area contributed by atoms with Gasteiger partial charge in [0.05, 0.1) is 13.3 Å². The van der Waals surface area contributed by atoms with Crippen LogP contribution in [0, 0.1) is 6.92 Å². The van der Waals surface area contributed by atoms with E-state index in [0.717, 1.165) is 42.3 Å². The van der Waals surface area contributed by atoms with Gasteiger partial charge in [0, 0.05) is 55.5 Å². The quantitative estimate of drug-likeness (QED) is 0.854. The summed E-state index contributed by atoms with van der Waals surface area (Å²) in [4.78, 5) is 22.0. The molecule has 1 fully saturated rings. The predicted octanol–water partition coefficient (Wildman–Crippen LogP) is 1.15. The van der Waals surface area contributed by atoms with Gasteiger partial charge in [0.15, 0.2) is 0 Å². The van der Waals surface area contributed by atoms with Gasteiger partial charge < -0.3 is 15.0 Å². The number of rotatable bonds is 5. The van der Waals surface area contributed by atoms with Crippen molar-refractivity contribution in [3.63, 3.8) is 0 Å². The number of hydrogen-bond donors (Lipinski definition) is 2. The summed E-state index contributed by atoms with van der Waals surface area (Å²) in [6, 6.07) is 2.36. The van der Waals surface area contributed by atoms with Gasteiger partial charge in [0.25, 0.3) is 0 Å². The zero-order valence-corrected chi connectivity index (χ0v) is 14.2. The highest BCUT2D eigenvalue weighted by atomic mass is 16.5. The smallest absolute Gasteiger partial charge is 0.318 e. The number of nitrogens with zero attached hydrogens (tertiary/aromatic N) is 4. The molecular weight excluding hydrogens is 308 g/mol. The van der Waals surface area contributed by atoms with Crippen molar-refractivity contribution in [1.82, 2.24) is 25.5 Å². The number of amides is 1. The van der Waals surface area contributed by atoms with Crippen molar-refractivity contribution in [2.45, 2.75) is 32.7 Å². The van der Waals surface area contributed by atoms with Crippen LogP contribution in [0.3, 0.4) is 0 Å². The molecule has 2 aromatic rings. The molecule has 1 aliphatic rings. The van der Waals surface area contributed by atoms with Crippen LogP contribution in [0.5, 0.6) is 6.01 Å². The Balaban J connectivity index is 1.73. The Kier molecular flexibility index (Phi) is 4.64. The van der Waals surface area contributed by atoms with Gasteiger partial charge in [-0.2, -0.15) is 10.1 Å². The van der Waals surface area contributed by atoms with Crippen molar-refractivity contribution in [2.24, 2.45) is 0 Å². The second-order valence-corrected chi connectivity index (χ2v) is 6.00. The molecule has 3 heterocycles. The van der Waals surface area contributed by atoms with Gasteiger partial charge >= 0.3 is 6.01 Å². The highest BCUT2D eigenvalue weighted by molar-refractivity contribution is 5.72. The lowest BCUT2D eigenvalue weighted by Crippen LogP contribution is -2.22. The van der Waals surface area contributed by atoms with E-state index < -0.39 is 0 Å². The van der Waals surface area contributed by atoms with Crippen molar-refractivity contribution < 1.29 is 9.53 Å². The summed E-state index contributed by atoms with van der Waals surface area (Å²) < 4.78 is 5.16. The fourth-order valence-electron chi connectivity index (χ4n) is 3.02. The zero-order valence-electron chi connectivity index (χ0n) is 14.2. The number of aryl methyl sites for hydroxylation is 1. The van der Waals surface area contributed by atoms with Crippen LogP contribution >= 0.6 is 0 Å². The number of carbonyl (C=O) groups is 1. The van der Waals surface area contributed by atoms with E-state index in [0.29, 0.717) is 18.5 Å². The molecule has 0 bridgehead atoms. The molecule has 0 spiro atoms. The molecule has 2 N–H and O–H groups in total. The summed E-state index contributed by atoms with van der Waals surface area (Å²) in [5.74, 6) is 1.17. The van der Waals surface area contributed by atoms with Crippen molar-refractivity contribution in [2.75, 3.05) is 25.1 Å². The number of H-pyrrole nitrogens is 1. The number of methoxy groups -OCH3 is 1. The van der Waals surface area contributed by atoms with Crippen LogP contribution in [-0.4, -0.2) is 46.3 Å². The highest BCUT2D eigenvalue weighted by Crippen LogP contribution is 2.31. The average Bonchev–Trinajstić information content (AvgIpc) is 3.20. The molecule has 1 saturated heterocycles. The first-order chi connectivity index (χ1) is 11.6. The number of carbonyl (C=O) groups excluding carboxylic acids is 1. The molecule has 1 aliphatic heterocycles. The van der Waals surface area contributed by atoms with E-state index in [2.05, 4.69) is 30.4 Å². The summed E-state index contributed by atoms with van der Waals surface area (Å²) >= 11 is 0. The van der Waals surface area contributed by atoms with Crippen LogP contribution in [-0.2, 0) is 11.3 Å². The van der Waals surface area contributed by atoms with E-state index in [1.165, 1.54) is 6.92 Å². The Morgan fingerprint density at radius 1 is 1.50 bits per heavy atom. The first kappa shape index (κ1) is 16.2. The molecule has 1 atom stereocenters. The molecular formula is C16H22N6O2. The van der Waals surface area contributed by atoms with E-state index in [9.17, 15) is 4.79 Å². The zero-order chi connectivity index (χ0) is 17.1. The summed E-state index contributed by atoms with van der Waals surface area (Å²) in [6.07, 6.45) is 2.78. The molecule has 128 valence electrons. The Morgan fingerprint density at radius 3 is 3.08 bits per heavy atom. The maximum atomic E-state index is 11.1. The summed E-state index contributed by atoms with van der Waals surface area (Å²) in [5, 5.41) is 10.1. The van der Waals surface area contributed by atoms with E-state index >= 15 is 0 Å². The first-order valence-electron chi connectivity index (χ1n) is 7.98. The van der Waals surface area contributed by atoms with Crippen molar-refractivity contribution >= 4 is 11.7 Å². The van der Waals surface area contributed by atoms with Gasteiger partial charge in [0.2, 0.25) is 5.91 Å². The summed E-state index contributed by atoms with van der Waals surface area (Å²) in [7, 11) is 1.57. The molecule has 0 saturated carbocycles. The van der Waals surface area contributed by atoms with E-state index in [1.807, 2.05) is 13.0 Å². The molecule has 3 rings (SSSR count). The van der Waals surface area contributed by atoms with Gasteiger partial charge in [-0.25, -0.2) is 4.98 Å². The minimum atomic E-state index is -0.0428. The Labute approximate surface area is 140 Å². The van der Waals surface area contributed by atoms with Gasteiger partial charge in [-0.1, -0.05) is 0 Å². The monoisotopic (exact) mass is 330 g/mol. The molecule has 1 amide bonds. The second kappa shape index (κ2) is 6.86. The summed E-state index contributed by atoms with van der Waals surface area (Å²) in [5.41, 5.74) is 3.01. The minimum Gasteiger partial charge on any atom is -0.467 e. The molecule has 0 radical (unpaired) electrons. The van der Waals surface area contributed by atoms with Crippen molar-refractivity contribution in [3.8, 4) is 6.01 Å². The predicted molar refractivity (Wildman–Crippen MR) is 89.0 cm³/mol. The molecule has 2 aromatic heterocycles. The van der Waals surface area contributed by atoms with Gasteiger partial charge in [0.1, 0.15) is 5.82 Å². The number of ether oxygens (including phenoxy) is 1. The minimum absolute atomic E-state index is 0.0428. The number of aromatic nitrogens is 4. The third-order valence-electron chi connectivity index (χ3n) is 4.20. The van der Waals surface area contributed by atoms with Crippen molar-refractivity contribution in [3.05, 3.63) is 29.2 Å². The molecule has 24 heavy (non-hydrogen) atoms. The van der Waals surface area contributed by atoms with Crippen LogP contribution < -0.4 is 15.0 Å². The fourth-order valence-corrected chi connectivity index (χ4v) is 3.02. The van der Waals surface area contributed by atoms with E-state index in [-0.39, 0.29) is 5.91 Å². The third-order valence-corrected chi connectivity index (χ3v) is 4.20. The van der Waals surface area contributed by atoms with Gasteiger partial charge in [-0.3, -0.25) is 9.89 Å². The largest absolute Gasteiger partial charge is 0.467 e. The molecule has 8 heteroatoms. The highest BCUT2D eigenvalue weighted by Gasteiger charge is 2.28. The first-order valence-corrected chi connectivity index (χ1v) is 7.98. The van der Waals surface area contributed by atoms with Gasteiger partial charge in [-0.05, 0) is 13.3 Å². The van der Waals surface area contributed by atoms with E-state index in [4.69, 9.17) is 4.74 Å². The van der Waals surface area contributed by atoms with Crippen LogP contribution in [0.4, 0.5) is 5.82 Å². The lowest BCUT2D eigenvalue weighted by Gasteiger charge is -2.18. The Bertz CT molecular complexity index is 729. The van der Waals surface area contributed by atoms with Crippen LogP contribution in [0.2, 0.25) is 0 Å². The average molecular weight is 330 g/mol. The maximum Gasteiger partial charge on any atom is 0.318 e. The van der Waals surface area contributed by atoms with Crippen LogP contribution in [0.15, 0.2) is 12.3 Å². The number of hydrogen-bond acceptors (Lipinski definition) is 6. The Hall–Kier alpha value is -2.64. The lowest BCUT2D eigenvalue weighted by molar-refractivity contribution is -0.119. The van der Waals surface area contributed by atoms with Crippen molar-refractivity contribution in [1.29, 1.82) is 0 Å². The number of nitrogens with one attached hydrogen (secondary N) is 2. The van der Waals surface area contributed by atoms with Crippen LogP contribution in [0.25, 0.3) is 0 Å². The molecule has 0 aliphatic carbocycles. The normalized spacial score (nSPS) is 17.1. The van der Waals surface area contributed by atoms with E-state index in [1.54, 1.807) is 13.3 Å². The number of aromatic amines is 1. The molecule has 8 nitrogen and oxygen atoms in total. The Morgan fingerprint density at radius 2 is 2.33 bits per heavy atom. The van der Waals surface area contributed by atoms with Crippen LogP contribution in [0.1, 0.15) is 36.2 Å². The molecule has 1 unspecified atom stereocenters. The second-order valence-electron chi connectivity index (χ2n) is 6.00. The van der Waals surface area contributed by atoms with Gasteiger partial charge in [-0.15, -0.1) is 0 Å².